The van der Waals surface area contributed by atoms with Gasteiger partial charge in [0.2, 0.25) is 0 Å². The lowest BCUT2D eigenvalue weighted by Gasteiger charge is -2.14. The summed E-state index contributed by atoms with van der Waals surface area (Å²) in [5, 5.41) is 38.2. The number of hydrogen-bond donors (Lipinski definition) is 0. The predicted molar refractivity (Wildman–Crippen MR) is 155 cm³/mol. The highest BCUT2D eigenvalue weighted by Crippen LogP contribution is 2.42. The molecule has 206 valence electrons. The largest absolute Gasteiger partial charge is 0.247 e. The van der Waals surface area contributed by atoms with Crippen LogP contribution in [0.1, 0.15) is 16.7 Å². The quantitative estimate of drug-likeness (QED) is 0.195. The van der Waals surface area contributed by atoms with Gasteiger partial charge in [-0.3, -0.25) is 0 Å². The van der Waals surface area contributed by atoms with Crippen LogP contribution in [-0.2, 0) is 0 Å². The van der Waals surface area contributed by atoms with Gasteiger partial charge >= 0.3 is 0 Å². The van der Waals surface area contributed by atoms with E-state index in [1.165, 1.54) is 24.3 Å². The number of nitriles is 3. The lowest BCUT2D eigenvalue weighted by Crippen LogP contribution is -2.04. The first kappa shape index (κ1) is 26.3. The van der Waals surface area contributed by atoms with Crippen molar-refractivity contribution in [2.24, 2.45) is 0 Å². The summed E-state index contributed by atoms with van der Waals surface area (Å²) >= 11 is 0. The lowest BCUT2D eigenvalue weighted by molar-refractivity contribution is 0.316. The van der Waals surface area contributed by atoms with Gasteiger partial charge in [0, 0.05) is 27.3 Å². The summed E-state index contributed by atoms with van der Waals surface area (Å²) in [5.41, 5.74) is 1.45. The summed E-state index contributed by atoms with van der Waals surface area (Å²) in [6, 6.07) is 27.4. The van der Waals surface area contributed by atoms with E-state index < -0.39 is 34.1 Å². The standard InChI is InChI=1S/C34H13F3N6O/c35-29-24(15-39)30(36)27(31(37)25(29)16-40)20-10-11-21-26(12-20)41-32(19-8-6-17(14-38)7-9-19)23-13-22(18-4-2-1-3-5-18)33-34(28(21)23)43-44-42-33/h1-13H. The molecule has 7 rings (SSSR count). The molecule has 5 aromatic carbocycles. The highest BCUT2D eigenvalue weighted by molar-refractivity contribution is 6.23. The maximum Gasteiger partial charge on any atom is 0.164 e. The van der Waals surface area contributed by atoms with Crippen molar-refractivity contribution in [1.29, 1.82) is 15.8 Å². The fourth-order valence-electron chi connectivity index (χ4n) is 5.45. The molecule has 7 aromatic rings. The molecule has 44 heavy (non-hydrogen) atoms. The maximum absolute atomic E-state index is 15.3. The Hall–Kier alpha value is -6.57. The van der Waals surface area contributed by atoms with Gasteiger partial charge in [-0.05, 0) is 45.7 Å². The topological polar surface area (TPSA) is 123 Å². The Bertz CT molecular complexity index is 2410. The Morgan fingerprint density at radius 2 is 1.27 bits per heavy atom. The monoisotopic (exact) mass is 578 g/mol. The van der Waals surface area contributed by atoms with Crippen molar-refractivity contribution in [3.63, 3.8) is 0 Å². The third kappa shape index (κ3) is 3.85. The van der Waals surface area contributed by atoms with Gasteiger partial charge in [0.05, 0.1) is 28.4 Å². The Morgan fingerprint density at radius 1 is 0.614 bits per heavy atom. The van der Waals surface area contributed by atoms with Gasteiger partial charge in [0.1, 0.15) is 34.3 Å². The van der Waals surface area contributed by atoms with Crippen LogP contribution >= 0.6 is 0 Å². The Labute approximate surface area is 246 Å². The molecule has 10 heteroatoms. The molecule has 0 atom stereocenters. The SMILES string of the molecule is N#Cc1ccc(-c2nc3cc(-c4c(F)c(C#N)c(F)c(C#N)c4F)ccc3c3c2cc(-c2ccccc2)c2nonc23)cc1. The Balaban J connectivity index is 1.60. The van der Waals surface area contributed by atoms with Crippen molar-refractivity contribution < 1.29 is 17.8 Å². The molecule has 0 unspecified atom stereocenters. The minimum atomic E-state index is -1.56. The molecule has 0 N–H and O–H groups in total. The summed E-state index contributed by atoms with van der Waals surface area (Å²) in [6.07, 6.45) is 0. The molecule has 7 nitrogen and oxygen atoms in total. The van der Waals surface area contributed by atoms with Crippen LogP contribution < -0.4 is 0 Å². The Kier molecular flexibility index (Phi) is 6.02. The minimum absolute atomic E-state index is 0.0615. The molecule has 0 aliphatic heterocycles. The number of aromatic nitrogens is 3. The van der Waals surface area contributed by atoms with Crippen LogP contribution in [0.15, 0.2) is 83.5 Å². The third-order valence-corrected chi connectivity index (χ3v) is 7.49. The maximum atomic E-state index is 15.3. The second-order valence-electron chi connectivity index (χ2n) is 9.85. The van der Waals surface area contributed by atoms with Crippen molar-refractivity contribution in [3.8, 4) is 51.7 Å². The molecule has 0 aliphatic carbocycles. The highest BCUT2D eigenvalue weighted by atomic mass is 19.1. The van der Waals surface area contributed by atoms with Crippen molar-refractivity contribution in [2.45, 2.75) is 0 Å². The van der Waals surface area contributed by atoms with E-state index in [-0.39, 0.29) is 11.1 Å². The van der Waals surface area contributed by atoms with Crippen molar-refractivity contribution in [3.05, 3.63) is 113 Å². The lowest BCUT2D eigenvalue weighted by atomic mass is 9.92. The molecular weight excluding hydrogens is 565 g/mol. The van der Waals surface area contributed by atoms with Crippen molar-refractivity contribution in [1.82, 2.24) is 15.3 Å². The predicted octanol–water partition coefficient (Wildman–Crippen LogP) is 7.96. The number of benzene rings is 5. The second-order valence-corrected chi connectivity index (χ2v) is 9.85. The van der Waals surface area contributed by atoms with Crippen LogP contribution in [0.2, 0.25) is 0 Å². The van der Waals surface area contributed by atoms with E-state index in [2.05, 4.69) is 16.4 Å². The summed E-state index contributed by atoms with van der Waals surface area (Å²) in [4.78, 5) is 4.89. The summed E-state index contributed by atoms with van der Waals surface area (Å²) in [5.74, 6) is -4.41. The summed E-state index contributed by atoms with van der Waals surface area (Å²) in [6.45, 7) is 0. The smallest absolute Gasteiger partial charge is 0.164 e. The summed E-state index contributed by atoms with van der Waals surface area (Å²) < 4.78 is 50.4. The number of nitrogens with zero attached hydrogens (tertiary/aromatic N) is 6. The van der Waals surface area contributed by atoms with E-state index in [1.807, 2.05) is 36.4 Å². The van der Waals surface area contributed by atoms with Gasteiger partial charge in [-0.1, -0.05) is 54.6 Å². The fourth-order valence-corrected chi connectivity index (χ4v) is 5.45. The highest BCUT2D eigenvalue weighted by Gasteiger charge is 2.27. The van der Waals surface area contributed by atoms with Gasteiger partial charge in [-0.2, -0.15) is 15.8 Å². The van der Waals surface area contributed by atoms with Crippen LogP contribution in [0.4, 0.5) is 13.2 Å². The van der Waals surface area contributed by atoms with Gasteiger partial charge in [-0.15, -0.1) is 0 Å². The van der Waals surface area contributed by atoms with Gasteiger partial charge in [-0.25, -0.2) is 22.8 Å². The average molecular weight is 579 g/mol. The van der Waals surface area contributed by atoms with Gasteiger partial charge < -0.3 is 0 Å². The van der Waals surface area contributed by atoms with Gasteiger partial charge in [0.25, 0.3) is 0 Å². The van der Waals surface area contributed by atoms with Crippen LogP contribution in [-0.4, -0.2) is 15.3 Å². The zero-order chi connectivity index (χ0) is 30.5. The molecule has 0 fully saturated rings. The number of hydrogen-bond acceptors (Lipinski definition) is 7. The molecule has 0 saturated heterocycles. The number of pyridine rings is 1. The van der Waals surface area contributed by atoms with E-state index in [0.29, 0.717) is 44.0 Å². The first-order chi connectivity index (χ1) is 21.4. The molecular formula is C34H13F3N6O. The molecule has 2 aromatic heterocycles. The number of fused-ring (bicyclic) bond motifs is 5. The van der Waals surface area contributed by atoms with E-state index in [0.717, 1.165) is 11.1 Å². The fraction of sp³-hybridized carbons (Fsp3) is 0. The third-order valence-electron chi connectivity index (χ3n) is 7.49. The average Bonchev–Trinajstić information content (AvgIpc) is 3.55. The number of halogens is 3. The molecule has 0 spiro atoms. The molecule has 0 radical (unpaired) electrons. The second kappa shape index (κ2) is 10.1. The van der Waals surface area contributed by atoms with Crippen molar-refractivity contribution in [2.75, 3.05) is 0 Å². The van der Waals surface area contributed by atoms with E-state index in [4.69, 9.17) is 9.61 Å². The molecule has 2 heterocycles. The van der Waals surface area contributed by atoms with E-state index in [9.17, 15) is 20.2 Å². The zero-order valence-corrected chi connectivity index (χ0v) is 22.2. The van der Waals surface area contributed by atoms with Crippen LogP contribution in [0.25, 0.3) is 66.2 Å². The van der Waals surface area contributed by atoms with Crippen molar-refractivity contribution >= 4 is 32.7 Å². The molecule has 0 aliphatic rings. The molecule has 0 saturated carbocycles. The molecule has 0 amide bonds. The minimum Gasteiger partial charge on any atom is -0.247 e. The first-order valence-electron chi connectivity index (χ1n) is 13.0. The first-order valence-corrected chi connectivity index (χ1v) is 13.0. The normalized spacial score (nSPS) is 11.0. The van der Waals surface area contributed by atoms with E-state index >= 15 is 8.78 Å². The Morgan fingerprint density at radius 3 is 1.93 bits per heavy atom. The number of rotatable bonds is 3. The molecule has 0 bridgehead atoms. The van der Waals surface area contributed by atoms with E-state index in [1.54, 1.807) is 30.3 Å². The van der Waals surface area contributed by atoms with Crippen LogP contribution in [0, 0.1) is 51.4 Å². The zero-order valence-electron chi connectivity index (χ0n) is 22.2. The van der Waals surface area contributed by atoms with Gasteiger partial charge in [0.15, 0.2) is 17.5 Å². The van der Waals surface area contributed by atoms with Crippen LogP contribution in [0.5, 0.6) is 0 Å². The van der Waals surface area contributed by atoms with Crippen LogP contribution in [0.3, 0.4) is 0 Å². The summed E-state index contributed by atoms with van der Waals surface area (Å²) in [7, 11) is 0.